The second kappa shape index (κ2) is 5.21. The molecule has 0 bridgehead atoms. The van der Waals surface area contributed by atoms with Crippen molar-refractivity contribution in [2.75, 3.05) is 0 Å². The number of rotatable bonds is 2. The van der Waals surface area contributed by atoms with Crippen LogP contribution in [0.2, 0.25) is 0 Å². The van der Waals surface area contributed by atoms with Crippen LogP contribution in [0.5, 0.6) is 0 Å². The molecule has 0 aromatic heterocycles. The molecule has 0 N–H and O–H groups in total. The van der Waals surface area contributed by atoms with Gasteiger partial charge in [0.15, 0.2) is 0 Å². The van der Waals surface area contributed by atoms with Crippen LogP contribution in [0, 0.1) is 20.8 Å². The minimum Gasteiger partial charge on any atom is -0.170 e. The van der Waals surface area contributed by atoms with Crippen molar-refractivity contribution < 1.29 is 13.2 Å². The molecule has 0 aliphatic heterocycles. The van der Waals surface area contributed by atoms with E-state index >= 15 is 0 Å². The fourth-order valence-electron chi connectivity index (χ4n) is 2.50. The second-order valence-corrected chi connectivity index (χ2v) is 5.79. The Kier molecular flexibility index (Phi) is 3.87. The fourth-order valence-corrected chi connectivity index (χ4v) is 2.50. The highest BCUT2D eigenvalue weighted by molar-refractivity contribution is 5.44. The predicted molar refractivity (Wildman–Crippen MR) is 79.6 cm³/mol. The molecule has 1 atom stereocenters. The molecule has 2 aromatic rings. The molecule has 0 saturated heterocycles. The highest BCUT2D eigenvalue weighted by atomic mass is 19.4. The van der Waals surface area contributed by atoms with Gasteiger partial charge in [0, 0.05) is 0 Å². The van der Waals surface area contributed by atoms with Crippen LogP contribution >= 0.6 is 0 Å². The van der Waals surface area contributed by atoms with E-state index in [1.165, 1.54) is 6.92 Å². The minimum atomic E-state index is -4.36. The largest absolute Gasteiger partial charge is 0.402 e. The summed E-state index contributed by atoms with van der Waals surface area (Å²) in [6.07, 6.45) is -4.36. The average molecular weight is 292 g/mol. The first kappa shape index (κ1) is 15.6. The van der Waals surface area contributed by atoms with Crippen molar-refractivity contribution >= 4 is 0 Å². The number of alkyl halides is 3. The van der Waals surface area contributed by atoms with Crippen LogP contribution in [-0.2, 0) is 5.41 Å². The molecular formula is C18H19F3. The van der Waals surface area contributed by atoms with E-state index < -0.39 is 11.6 Å². The molecule has 0 aliphatic rings. The van der Waals surface area contributed by atoms with Crippen LogP contribution in [0.25, 0.3) is 0 Å². The molecule has 112 valence electrons. The number of halogens is 3. The summed E-state index contributed by atoms with van der Waals surface area (Å²) in [6.45, 7) is 6.80. The van der Waals surface area contributed by atoms with Gasteiger partial charge in [-0.25, -0.2) is 0 Å². The number of hydrogen-bond donors (Lipinski definition) is 0. The molecule has 0 nitrogen and oxygen atoms in total. The summed E-state index contributed by atoms with van der Waals surface area (Å²) < 4.78 is 41.5. The van der Waals surface area contributed by atoms with E-state index in [9.17, 15) is 13.2 Å². The standard InChI is InChI=1S/C18H19F3/c1-12-6-5-7-15(10-12)17(4,18(19,20)21)16-9-8-13(2)14(3)11-16/h5-11H,1-4H3. The summed E-state index contributed by atoms with van der Waals surface area (Å²) >= 11 is 0. The van der Waals surface area contributed by atoms with Crippen LogP contribution in [0.3, 0.4) is 0 Å². The highest BCUT2D eigenvalue weighted by Gasteiger charge is 2.53. The molecule has 0 fully saturated rings. The van der Waals surface area contributed by atoms with Crippen molar-refractivity contribution in [3.05, 3.63) is 70.3 Å². The summed E-state index contributed by atoms with van der Waals surface area (Å²) in [4.78, 5) is 0. The van der Waals surface area contributed by atoms with Gasteiger partial charge in [-0.15, -0.1) is 0 Å². The van der Waals surface area contributed by atoms with E-state index in [4.69, 9.17) is 0 Å². The molecule has 3 heteroatoms. The highest BCUT2D eigenvalue weighted by Crippen LogP contribution is 2.46. The summed E-state index contributed by atoms with van der Waals surface area (Å²) in [5.74, 6) is 0. The third-order valence-electron chi connectivity index (χ3n) is 4.25. The maximum atomic E-state index is 13.8. The quantitative estimate of drug-likeness (QED) is 0.687. The molecule has 0 amide bonds. The first-order valence-corrected chi connectivity index (χ1v) is 6.88. The van der Waals surface area contributed by atoms with E-state index in [0.717, 1.165) is 16.7 Å². The molecule has 2 aromatic carbocycles. The predicted octanol–water partition coefficient (Wildman–Crippen LogP) is 5.48. The molecule has 0 saturated carbocycles. The summed E-state index contributed by atoms with van der Waals surface area (Å²) in [5.41, 5.74) is 1.24. The lowest BCUT2D eigenvalue weighted by Gasteiger charge is -2.34. The summed E-state index contributed by atoms with van der Waals surface area (Å²) in [7, 11) is 0. The Hall–Kier alpha value is -1.77. The normalized spacial score (nSPS) is 14.8. The van der Waals surface area contributed by atoms with Gasteiger partial charge in [-0.2, -0.15) is 13.2 Å². The molecule has 0 spiro atoms. The van der Waals surface area contributed by atoms with E-state index in [2.05, 4.69) is 0 Å². The van der Waals surface area contributed by atoms with Gasteiger partial charge in [-0.1, -0.05) is 48.0 Å². The van der Waals surface area contributed by atoms with Crippen LogP contribution in [0.1, 0.15) is 34.7 Å². The van der Waals surface area contributed by atoms with E-state index in [1.807, 2.05) is 13.8 Å². The van der Waals surface area contributed by atoms with Crippen molar-refractivity contribution in [1.29, 1.82) is 0 Å². The number of hydrogen-bond acceptors (Lipinski definition) is 0. The molecule has 0 radical (unpaired) electrons. The van der Waals surface area contributed by atoms with Gasteiger partial charge in [0.05, 0.1) is 0 Å². The molecule has 1 unspecified atom stereocenters. The number of benzene rings is 2. The topological polar surface area (TPSA) is 0 Å². The number of aryl methyl sites for hydroxylation is 3. The Morgan fingerprint density at radius 2 is 1.38 bits per heavy atom. The Bertz CT molecular complexity index is 656. The summed E-state index contributed by atoms with van der Waals surface area (Å²) in [6, 6.07) is 11.6. The smallest absolute Gasteiger partial charge is 0.170 e. The second-order valence-electron chi connectivity index (χ2n) is 5.79. The Balaban J connectivity index is 2.71. The monoisotopic (exact) mass is 292 g/mol. The van der Waals surface area contributed by atoms with Crippen LogP contribution in [0.15, 0.2) is 42.5 Å². The molecule has 0 aliphatic carbocycles. The van der Waals surface area contributed by atoms with Crippen molar-refractivity contribution in [2.45, 2.75) is 39.3 Å². The van der Waals surface area contributed by atoms with Crippen molar-refractivity contribution in [2.24, 2.45) is 0 Å². The van der Waals surface area contributed by atoms with Crippen molar-refractivity contribution in [3.8, 4) is 0 Å². The summed E-state index contributed by atoms with van der Waals surface area (Å²) in [5, 5.41) is 0. The van der Waals surface area contributed by atoms with Gasteiger partial charge in [-0.3, -0.25) is 0 Å². The average Bonchev–Trinajstić information content (AvgIpc) is 2.39. The zero-order valence-electron chi connectivity index (χ0n) is 12.7. The van der Waals surface area contributed by atoms with Gasteiger partial charge < -0.3 is 0 Å². The SMILES string of the molecule is Cc1cccc(C(C)(c2ccc(C)c(C)c2)C(F)(F)F)c1. The zero-order valence-corrected chi connectivity index (χ0v) is 12.7. The van der Waals surface area contributed by atoms with Crippen molar-refractivity contribution in [1.82, 2.24) is 0 Å². The van der Waals surface area contributed by atoms with Crippen molar-refractivity contribution in [3.63, 3.8) is 0 Å². The van der Waals surface area contributed by atoms with Gasteiger partial charge >= 0.3 is 6.18 Å². The van der Waals surface area contributed by atoms with Crippen LogP contribution in [-0.4, -0.2) is 6.18 Å². The lowest BCUT2D eigenvalue weighted by molar-refractivity contribution is -0.173. The Morgan fingerprint density at radius 3 is 1.90 bits per heavy atom. The third kappa shape index (κ3) is 2.69. The van der Waals surface area contributed by atoms with Gasteiger partial charge in [-0.05, 0) is 49.9 Å². The molecular weight excluding hydrogens is 273 g/mol. The van der Waals surface area contributed by atoms with Crippen LogP contribution in [0.4, 0.5) is 13.2 Å². The maximum absolute atomic E-state index is 13.8. The lowest BCUT2D eigenvalue weighted by atomic mass is 9.74. The van der Waals surface area contributed by atoms with Gasteiger partial charge in [0.1, 0.15) is 5.41 Å². The molecule has 2 rings (SSSR count). The maximum Gasteiger partial charge on any atom is 0.402 e. The first-order chi connectivity index (χ1) is 9.66. The minimum absolute atomic E-state index is 0.276. The van der Waals surface area contributed by atoms with E-state index in [-0.39, 0.29) is 11.1 Å². The fraction of sp³-hybridized carbons (Fsp3) is 0.333. The Labute approximate surface area is 123 Å². The molecule has 21 heavy (non-hydrogen) atoms. The van der Waals surface area contributed by atoms with Crippen LogP contribution < -0.4 is 0 Å². The van der Waals surface area contributed by atoms with Gasteiger partial charge in [0.25, 0.3) is 0 Å². The first-order valence-electron chi connectivity index (χ1n) is 6.88. The lowest BCUT2D eigenvalue weighted by Crippen LogP contribution is -2.40. The van der Waals surface area contributed by atoms with E-state index in [0.29, 0.717) is 0 Å². The third-order valence-corrected chi connectivity index (χ3v) is 4.25. The Morgan fingerprint density at radius 1 is 0.762 bits per heavy atom. The van der Waals surface area contributed by atoms with E-state index in [1.54, 1.807) is 49.4 Å². The zero-order chi connectivity index (χ0) is 15.8. The molecule has 0 heterocycles. The van der Waals surface area contributed by atoms with Gasteiger partial charge in [0.2, 0.25) is 0 Å².